The van der Waals surface area contributed by atoms with Crippen LogP contribution in [0, 0.1) is 5.82 Å². The summed E-state index contributed by atoms with van der Waals surface area (Å²) >= 11 is 3.12. The van der Waals surface area contributed by atoms with Gasteiger partial charge in [-0.05, 0) is 37.1 Å². The second-order valence-electron chi connectivity index (χ2n) is 6.68. The fourth-order valence-corrected chi connectivity index (χ4v) is 4.44. The summed E-state index contributed by atoms with van der Waals surface area (Å²) in [7, 11) is -2.77. The quantitative estimate of drug-likeness (QED) is 0.654. The van der Waals surface area contributed by atoms with Crippen molar-refractivity contribution >= 4 is 43.5 Å². The van der Waals surface area contributed by atoms with Gasteiger partial charge in [-0.15, -0.1) is 0 Å². The van der Waals surface area contributed by atoms with Gasteiger partial charge in [0.2, 0.25) is 15.9 Å². The molecular weight excluding hydrogens is 467 g/mol. The second kappa shape index (κ2) is 8.64. The molecule has 1 fully saturated rings. The highest BCUT2D eigenvalue weighted by molar-refractivity contribution is 9.10. The third-order valence-electron chi connectivity index (χ3n) is 4.56. The molecule has 1 aliphatic heterocycles. The van der Waals surface area contributed by atoms with E-state index in [4.69, 9.17) is 0 Å². The summed E-state index contributed by atoms with van der Waals surface area (Å²) in [5.74, 6) is -1.59. The van der Waals surface area contributed by atoms with Crippen molar-refractivity contribution in [1.82, 2.24) is 14.2 Å². The van der Waals surface area contributed by atoms with Crippen LogP contribution in [-0.4, -0.2) is 61.1 Å². The highest BCUT2D eigenvalue weighted by atomic mass is 79.9. The first kappa shape index (κ1) is 21.5. The van der Waals surface area contributed by atoms with Crippen molar-refractivity contribution in [3.05, 3.63) is 46.4 Å². The van der Waals surface area contributed by atoms with E-state index in [9.17, 15) is 22.4 Å². The zero-order chi connectivity index (χ0) is 21.2. The molecule has 0 aliphatic carbocycles. The van der Waals surface area contributed by atoms with Gasteiger partial charge in [0.05, 0.1) is 12.2 Å². The largest absolute Gasteiger partial charge is 0.356 e. The number of aromatic nitrogens is 1. The number of sulfonamides is 1. The Balaban J connectivity index is 1.67. The van der Waals surface area contributed by atoms with E-state index in [1.165, 1.54) is 31.4 Å². The number of hydrogen-bond donors (Lipinski definition) is 2. The molecule has 29 heavy (non-hydrogen) atoms. The fraction of sp³-hybridized carbons (Fsp3) is 0.333. The van der Waals surface area contributed by atoms with Crippen LogP contribution < -0.4 is 5.32 Å². The van der Waals surface area contributed by atoms with Crippen molar-refractivity contribution in [3.63, 3.8) is 0 Å². The number of nitrogens with zero attached hydrogens (tertiary/aromatic N) is 2. The number of carbonyl (C=O) groups is 2. The first-order valence-electron chi connectivity index (χ1n) is 8.87. The fourth-order valence-electron chi connectivity index (χ4n) is 2.99. The average molecular weight is 487 g/mol. The minimum Gasteiger partial charge on any atom is -0.356 e. The third kappa shape index (κ3) is 4.85. The average Bonchev–Trinajstić information content (AvgIpc) is 3.35. The highest BCUT2D eigenvalue weighted by Crippen LogP contribution is 2.21. The molecule has 0 atom stereocenters. The van der Waals surface area contributed by atoms with Crippen LogP contribution in [-0.2, 0) is 14.8 Å². The van der Waals surface area contributed by atoms with Crippen LogP contribution in [0.15, 0.2) is 39.8 Å². The van der Waals surface area contributed by atoms with Crippen molar-refractivity contribution in [1.29, 1.82) is 0 Å². The zero-order valence-corrected chi connectivity index (χ0v) is 18.0. The molecule has 3 rings (SSSR count). The standard InChI is InChI=1S/C18H20BrFN4O4S/c1-23(11-17(25)22-15-5-4-12(19)8-14(15)20)29(27,28)13-9-16(21-10-13)18(26)24-6-2-3-7-24/h4-5,8-10,21H,2-3,6-7,11H2,1H3,(H,22,25). The number of amides is 2. The van der Waals surface area contributed by atoms with Gasteiger partial charge in [-0.25, -0.2) is 12.8 Å². The predicted molar refractivity (Wildman–Crippen MR) is 108 cm³/mol. The molecule has 156 valence electrons. The lowest BCUT2D eigenvalue weighted by atomic mass is 10.3. The number of hydrogen-bond acceptors (Lipinski definition) is 4. The number of aromatic amines is 1. The molecule has 2 heterocycles. The number of likely N-dealkylation sites (N-methyl/N-ethyl adjacent to an activating group) is 1. The molecule has 0 saturated carbocycles. The lowest BCUT2D eigenvalue weighted by molar-refractivity contribution is -0.116. The maximum absolute atomic E-state index is 13.8. The summed E-state index contributed by atoms with van der Waals surface area (Å²) in [6, 6.07) is 5.37. The minimum atomic E-state index is -4.01. The van der Waals surface area contributed by atoms with Crippen molar-refractivity contribution in [2.45, 2.75) is 17.7 Å². The summed E-state index contributed by atoms with van der Waals surface area (Å²) < 4.78 is 40.6. The van der Waals surface area contributed by atoms with E-state index in [1.54, 1.807) is 11.0 Å². The normalized spacial score (nSPS) is 14.4. The van der Waals surface area contributed by atoms with Gasteiger partial charge >= 0.3 is 0 Å². The lowest BCUT2D eigenvalue weighted by Gasteiger charge is -2.16. The summed E-state index contributed by atoms with van der Waals surface area (Å²) in [5.41, 5.74) is 0.129. The summed E-state index contributed by atoms with van der Waals surface area (Å²) in [6.45, 7) is 0.775. The lowest BCUT2D eigenvalue weighted by Crippen LogP contribution is -2.35. The SMILES string of the molecule is CN(CC(=O)Nc1ccc(Br)cc1F)S(=O)(=O)c1c[nH]c(C(=O)N2CCCC2)c1. The molecule has 1 saturated heterocycles. The van der Waals surface area contributed by atoms with Crippen molar-refractivity contribution in [2.24, 2.45) is 0 Å². The molecule has 2 aromatic rings. The minimum absolute atomic E-state index is 0.0517. The Morgan fingerprint density at radius 2 is 1.97 bits per heavy atom. The number of anilines is 1. The van der Waals surface area contributed by atoms with E-state index >= 15 is 0 Å². The van der Waals surface area contributed by atoms with Crippen LogP contribution in [0.2, 0.25) is 0 Å². The number of H-pyrrole nitrogens is 1. The van der Waals surface area contributed by atoms with Crippen LogP contribution in [0.3, 0.4) is 0 Å². The Labute approximate surface area is 176 Å². The van der Waals surface area contributed by atoms with Crippen LogP contribution >= 0.6 is 15.9 Å². The molecule has 2 amide bonds. The summed E-state index contributed by atoms with van der Waals surface area (Å²) in [4.78, 5) is 28.8. The van der Waals surface area contributed by atoms with Crippen molar-refractivity contribution in [3.8, 4) is 0 Å². The van der Waals surface area contributed by atoms with Gasteiger partial charge in [-0.3, -0.25) is 9.59 Å². The van der Waals surface area contributed by atoms with Gasteiger partial charge in [-0.2, -0.15) is 4.31 Å². The number of benzene rings is 1. The molecule has 1 aliphatic rings. The molecule has 2 N–H and O–H groups in total. The molecule has 0 unspecified atom stereocenters. The Morgan fingerprint density at radius 1 is 1.28 bits per heavy atom. The van der Waals surface area contributed by atoms with Crippen LogP contribution in [0.5, 0.6) is 0 Å². The van der Waals surface area contributed by atoms with E-state index < -0.39 is 28.3 Å². The Hall–Kier alpha value is -2.24. The van der Waals surface area contributed by atoms with E-state index in [-0.39, 0.29) is 22.2 Å². The van der Waals surface area contributed by atoms with Crippen LogP contribution in [0.4, 0.5) is 10.1 Å². The molecule has 0 bridgehead atoms. The second-order valence-corrected chi connectivity index (χ2v) is 9.64. The Kier molecular flexibility index (Phi) is 6.39. The first-order valence-corrected chi connectivity index (χ1v) is 11.1. The van der Waals surface area contributed by atoms with Gasteiger partial charge in [0, 0.05) is 30.8 Å². The van der Waals surface area contributed by atoms with Crippen molar-refractivity contribution in [2.75, 3.05) is 32.0 Å². The van der Waals surface area contributed by atoms with E-state index in [0.29, 0.717) is 17.6 Å². The van der Waals surface area contributed by atoms with Crippen LogP contribution in [0.25, 0.3) is 0 Å². The molecule has 1 aromatic heterocycles. The number of nitrogens with one attached hydrogen (secondary N) is 2. The van der Waals surface area contributed by atoms with Gasteiger partial charge in [0.15, 0.2) is 0 Å². The van der Waals surface area contributed by atoms with E-state index in [2.05, 4.69) is 26.2 Å². The maximum atomic E-state index is 13.8. The predicted octanol–water partition coefficient (Wildman–Crippen LogP) is 2.41. The monoisotopic (exact) mass is 486 g/mol. The van der Waals surface area contributed by atoms with Gasteiger partial charge in [-0.1, -0.05) is 15.9 Å². The number of carbonyl (C=O) groups excluding carboxylic acids is 2. The smallest absolute Gasteiger partial charge is 0.270 e. The molecule has 1 aromatic carbocycles. The molecule has 8 nitrogen and oxygen atoms in total. The maximum Gasteiger partial charge on any atom is 0.270 e. The van der Waals surface area contributed by atoms with E-state index in [1.807, 2.05) is 0 Å². The zero-order valence-electron chi connectivity index (χ0n) is 15.6. The number of rotatable bonds is 6. The highest BCUT2D eigenvalue weighted by Gasteiger charge is 2.27. The Bertz CT molecular complexity index is 1030. The summed E-state index contributed by atoms with van der Waals surface area (Å²) in [6.07, 6.45) is 3.07. The summed E-state index contributed by atoms with van der Waals surface area (Å²) in [5, 5.41) is 2.34. The van der Waals surface area contributed by atoms with Gasteiger partial charge in [0.1, 0.15) is 16.4 Å². The van der Waals surface area contributed by atoms with E-state index in [0.717, 1.165) is 17.1 Å². The number of likely N-dealkylation sites (tertiary alicyclic amines) is 1. The first-order chi connectivity index (χ1) is 13.7. The Morgan fingerprint density at radius 3 is 2.62 bits per heavy atom. The van der Waals surface area contributed by atoms with Crippen molar-refractivity contribution < 1.29 is 22.4 Å². The molecule has 0 radical (unpaired) electrons. The molecular formula is C18H20BrFN4O4S. The third-order valence-corrected chi connectivity index (χ3v) is 6.83. The van der Waals surface area contributed by atoms with Crippen LogP contribution in [0.1, 0.15) is 23.3 Å². The molecule has 0 spiro atoms. The number of halogens is 2. The topological polar surface area (TPSA) is 103 Å². The van der Waals surface area contributed by atoms with Gasteiger partial charge in [0.25, 0.3) is 5.91 Å². The molecule has 11 heteroatoms. The van der Waals surface area contributed by atoms with Gasteiger partial charge < -0.3 is 15.2 Å².